The van der Waals surface area contributed by atoms with Crippen molar-refractivity contribution < 1.29 is 0 Å². The summed E-state index contributed by atoms with van der Waals surface area (Å²) in [7, 11) is 0. The minimum absolute atomic E-state index is 0.191. The van der Waals surface area contributed by atoms with E-state index in [0.717, 1.165) is 35.2 Å². The summed E-state index contributed by atoms with van der Waals surface area (Å²) in [6.07, 6.45) is 7.33. The first-order valence-corrected chi connectivity index (χ1v) is 10.9. The van der Waals surface area contributed by atoms with Gasteiger partial charge < -0.3 is 11.1 Å². The van der Waals surface area contributed by atoms with Crippen molar-refractivity contribution in [2.75, 3.05) is 11.9 Å². The zero-order chi connectivity index (χ0) is 22.2. The summed E-state index contributed by atoms with van der Waals surface area (Å²) in [5, 5.41) is 4.48. The number of anilines is 1. The number of halogens is 1. The maximum Gasteiger partial charge on any atom is 0.260 e. The Labute approximate surface area is 189 Å². The third-order valence-electron chi connectivity index (χ3n) is 5.40. The number of hydrogen-bond donors (Lipinski definition) is 2. The Balaban J connectivity index is 1.61. The van der Waals surface area contributed by atoms with Gasteiger partial charge in [-0.15, -0.1) is 0 Å². The fraction of sp³-hybridized carbons (Fsp3) is 0.261. The van der Waals surface area contributed by atoms with Gasteiger partial charge in [-0.1, -0.05) is 23.7 Å². The van der Waals surface area contributed by atoms with Crippen LogP contribution in [0.3, 0.4) is 0 Å². The lowest BCUT2D eigenvalue weighted by Crippen LogP contribution is -2.26. The van der Waals surface area contributed by atoms with Gasteiger partial charge in [0.2, 0.25) is 5.95 Å². The van der Waals surface area contributed by atoms with Crippen LogP contribution < -0.4 is 16.6 Å². The monoisotopic (exact) mass is 447 g/mol. The molecule has 0 bridgehead atoms. The van der Waals surface area contributed by atoms with Crippen LogP contribution in [0.15, 0.2) is 47.7 Å². The molecule has 5 rings (SSSR count). The highest BCUT2D eigenvalue weighted by Crippen LogP contribution is 2.31. The molecule has 0 atom stereocenters. The molecule has 0 spiro atoms. The first-order valence-electron chi connectivity index (χ1n) is 10.5. The molecule has 32 heavy (non-hydrogen) atoms. The topological polar surface area (TPSA) is 112 Å². The Kier molecular flexibility index (Phi) is 5.32. The van der Waals surface area contributed by atoms with Crippen LogP contribution in [0.5, 0.6) is 0 Å². The smallest absolute Gasteiger partial charge is 0.260 e. The Bertz CT molecular complexity index is 1380. The van der Waals surface area contributed by atoms with E-state index in [9.17, 15) is 4.79 Å². The van der Waals surface area contributed by atoms with E-state index in [1.807, 2.05) is 19.1 Å². The summed E-state index contributed by atoms with van der Waals surface area (Å²) >= 11 is 6.63. The zero-order valence-electron chi connectivity index (χ0n) is 17.5. The minimum atomic E-state index is -0.191. The SMILES string of the molecule is Cc1cncc(-c2ccc(-c3cc4cnc(NC5CC5)nc4n(CCN)c3=O)c(Cl)c2)n1. The molecule has 1 aliphatic rings. The van der Waals surface area contributed by atoms with Gasteiger partial charge >= 0.3 is 0 Å². The number of hydrogen-bond acceptors (Lipinski definition) is 7. The maximum atomic E-state index is 13.4. The molecule has 1 saturated carbocycles. The van der Waals surface area contributed by atoms with Gasteiger partial charge in [0.25, 0.3) is 5.56 Å². The van der Waals surface area contributed by atoms with Crippen molar-refractivity contribution in [3.05, 3.63) is 63.9 Å². The second-order valence-electron chi connectivity index (χ2n) is 7.93. The van der Waals surface area contributed by atoms with Crippen molar-refractivity contribution in [3.8, 4) is 22.4 Å². The van der Waals surface area contributed by atoms with Crippen LogP contribution in [-0.4, -0.2) is 37.1 Å². The van der Waals surface area contributed by atoms with Crippen molar-refractivity contribution in [2.45, 2.75) is 32.4 Å². The molecule has 162 valence electrons. The predicted octanol–water partition coefficient (Wildman–Crippen LogP) is 3.41. The van der Waals surface area contributed by atoms with Crippen molar-refractivity contribution in [1.29, 1.82) is 0 Å². The lowest BCUT2D eigenvalue weighted by Gasteiger charge is -2.14. The highest BCUT2D eigenvalue weighted by atomic mass is 35.5. The molecule has 8 nitrogen and oxygen atoms in total. The van der Waals surface area contributed by atoms with Gasteiger partial charge in [0.15, 0.2) is 0 Å². The van der Waals surface area contributed by atoms with Crippen LogP contribution in [0, 0.1) is 6.92 Å². The molecule has 1 aliphatic carbocycles. The lowest BCUT2D eigenvalue weighted by molar-refractivity contribution is 0.700. The van der Waals surface area contributed by atoms with Crippen molar-refractivity contribution in [3.63, 3.8) is 0 Å². The molecule has 0 saturated heterocycles. The van der Waals surface area contributed by atoms with Crippen LogP contribution >= 0.6 is 11.6 Å². The van der Waals surface area contributed by atoms with Crippen LogP contribution in [0.1, 0.15) is 18.5 Å². The summed E-state index contributed by atoms with van der Waals surface area (Å²) in [4.78, 5) is 31.1. The number of fused-ring (bicyclic) bond motifs is 1. The largest absolute Gasteiger partial charge is 0.351 e. The highest BCUT2D eigenvalue weighted by molar-refractivity contribution is 6.33. The normalized spacial score (nSPS) is 13.5. The van der Waals surface area contributed by atoms with E-state index in [4.69, 9.17) is 17.3 Å². The Morgan fingerprint density at radius 3 is 2.72 bits per heavy atom. The van der Waals surface area contributed by atoms with Crippen molar-refractivity contribution >= 4 is 28.6 Å². The molecule has 3 aromatic heterocycles. The molecule has 0 unspecified atom stereocenters. The van der Waals surface area contributed by atoms with Crippen LogP contribution in [0.2, 0.25) is 5.02 Å². The molecule has 3 heterocycles. The number of nitrogens with one attached hydrogen (secondary N) is 1. The summed E-state index contributed by atoms with van der Waals surface area (Å²) in [6.45, 7) is 2.54. The van der Waals surface area contributed by atoms with E-state index in [0.29, 0.717) is 46.9 Å². The lowest BCUT2D eigenvalue weighted by atomic mass is 10.0. The van der Waals surface area contributed by atoms with E-state index < -0.39 is 0 Å². The van der Waals surface area contributed by atoms with Gasteiger partial charge in [0, 0.05) is 58.6 Å². The van der Waals surface area contributed by atoms with Crippen LogP contribution in [0.4, 0.5) is 5.95 Å². The van der Waals surface area contributed by atoms with Crippen LogP contribution in [-0.2, 0) is 6.54 Å². The predicted molar refractivity (Wildman–Crippen MR) is 126 cm³/mol. The summed E-state index contributed by atoms with van der Waals surface area (Å²) in [5.41, 5.74) is 9.66. The van der Waals surface area contributed by atoms with Crippen molar-refractivity contribution in [1.82, 2.24) is 24.5 Å². The fourth-order valence-corrected chi connectivity index (χ4v) is 3.95. The summed E-state index contributed by atoms with van der Waals surface area (Å²) < 4.78 is 1.60. The third-order valence-corrected chi connectivity index (χ3v) is 5.71. The second-order valence-corrected chi connectivity index (χ2v) is 8.34. The quantitative estimate of drug-likeness (QED) is 0.465. The minimum Gasteiger partial charge on any atom is -0.351 e. The van der Waals surface area contributed by atoms with E-state index in [1.54, 1.807) is 35.3 Å². The molecule has 4 aromatic rings. The Morgan fingerprint density at radius 1 is 1.16 bits per heavy atom. The first kappa shape index (κ1) is 20.5. The van der Waals surface area contributed by atoms with E-state index >= 15 is 0 Å². The number of nitrogens with two attached hydrogens (primary N) is 1. The zero-order valence-corrected chi connectivity index (χ0v) is 18.3. The van der Waals surface area contributed by atoms with Crippen molar-refractivity contribution in [2.24, 2.45) is 5.73 Å². The molecule has 1 aromatic carbocycles. The van der Waals surface area contributed by atoms with Gasteiger partial charge in [-0.05, 0) is 31.9 Å². The van der Waals surface area contributed by atoms with Gasteiger partial charge in [-0.3, -0.25) is 14.3 Å². The third kappa shape index (κ3) is 3.94. The average molecular weight is 448 g/mol. The number of pyridine rings is 1. The van der Waals surface area contributed by atoms with Gasteiger partial charge in [0.1, 0.15) is 5.65 Å². The van der Waals surface area contributed by atoms with E-state index in [-0.39, 0.29) is 5.56 Å². The molecule has 1 fully saturated rings. The fourth-order valence-electron chi connectivity index (χ4n) is 3.66. The first-order chi connectivity index (χ1) is 15.5. The number of benzene rings is 1. The number of nitrogens with zero attached hydrogens (tertiary/aromatic N) is 5. The van der Waals surface area contributed by atoms with E-state index in [2.05, 4.69) is 25.3 Å². The van der Waals surface area contributed by atoms with Gasteiger partial charge in [-0.2, -0.15) is 4.98 Å². The van der Waals surface area contributed by atoms with Gasteiger partial charge in [0.05, 0.1) is 17.6 Å². The molecule has 0 amide bonds. The summed E-state index contributed by atoms with van der Waals surface area (Å²) in [5.74, 6) is 0.527. The van der Waals surface area contributed by atoms with E-state index in [1.165, 1.54) is 0 Å². The van der Waals surface area contributed by atoms with Gasteiger partial charge in [-0.25, -0.2) is 9.97 Å². The van der Waals surface area contributed by atoms with Crippen LogP contribution in [0.25, 0.3) is 33.4 Å². The molecule has 0 aliphatic heterocycles. The Hall–Kier alpha value is -3.36. The standard InChI is InChI=1S/C23H22ClN7O/c1-13-10-26-12-20(28-13)14-2-5-17(19(24)9-14)18-8-15-11-27-23(29-16-3-4-16)30-21(15)31(7-6-25)22(18)32/h2,5,8-12,16H,3-4,6-7,25H2,1H3,(H,27,29,30). The molecule has 9 heteroatoms. The number of aromatic nitrogens is 5. The highest BCUT2D eigenvalue weighted by Gasteiger charge is 2.22. The molecular formula is C23H22ClN7O. The maximum absolute atomic E-state index is 13.4. The summed E-state index contributed by atoms with van der Waals surface area (Å²) in [6, 6.07) is 7.73. The molecule has 3 N–H and O–H groups in total. The molecule has 0 radical (unpaired) electrons. The second kappa shape index (κ2) is 8.29. The Morgan fingerprint density at radius 2 is 2.00 bits per heavy atom. The average Bonchev–Trinajstić information content (AvgIpc) is 3.60. The molecular weight excluding hydrogens is 426 g/mol. The number of rotatable bonds is 6. The number of aryl methyl sites for hydroxylation is 1.